The van der Waals surface area contributed by atoms with E-state index < -0.39 is 5.91 Å². The molecule has 5 N–H and O–H groups in total. The number of phenols is 1. The summed E-state index contributed by atoms with van der Waals surface area (Å²) >= 11 is 0. The monoisotopic (exact) mass is 233 g/mol. The Balaban J connectivity index is 2.07. The first-order chi connectivity index (χ1) is 8.18. The van der Waals surface area contributed by atoms with E-state index in [0.29, 0.717) is 5.82 Å². The molecule has 0 aliphatic carbocycles. The summed E-state index contributed by atoms with van der Waals surface area (Å²) in [6, 6.07) is 4.60. The van der Waals surface area contributed by atoms with Gasteiger partial charge in [0, 0.05) is 0 Å². The lowest BCUT2D eigenvalue weighted by atomic mass is 10.1. The van der Waals surface area contributed by atoms with Crippen LogP contribution in [-0.4, -0.2) is 26.2 Å². The first kappa shape index (κ1) is 10.9. The maximum atomic E-state index is 11.7. The number of nitrogen functional groups attached to an aromatic ring is 1. The van der Waals surface area contributed by atoms with Crippen molar-refractivity contribution in [2.45, 2.75) is 6.54 Å². The minimum absolute atomic E-state index is 0.129. The van der Waals surface area contributed by atoms with Crippen LogP contribution in [0, 0.1) is 0 Å². The number of aromatic nitrogens is 3. The average Bonchev–Trinajstić information content (AvgIpc) is 2.82. The number of aromatic amines is 1. The first-order valence-corrected chi connectivity index (χ1v) is 4.88. The van der Waals surface area contributed by atoms with Crippen molar-refractivity contribution in [2.75, 3.05) is 5.73 Å². The highest BCUT2D eigenvalue weighted by Crippen LogP contribution is 2.23. The van der Waals surface area contributed by atoms with Crippen LogP contribution in [0.2, 0.25) is 0 Å². The molecule has 1 aromatic carbocycles. The third-order valence-electron chi connectivity index (χ3n) is 2.19. The van der Waals surface area contributed by atoms with Crippen molar-refractivity contribution in [3.05, 3.63) is 35.9 Å². The first-order valence-electron chi connectivity index (χ1n) is 4.88. The molecule has 0 atom stereocenters. The standard InChI is InChI=1S/C10H11N5O2/c11-7-3-1-2-6(9(7)16)10(17)12-4-8-13-5-14-15-8/h1-3,5,16H,4,11H2,(H,12,17)(H,13,14,15). The Hall–Kier alpha value is -2.57. The zero-order chi connectivity index (χ0) is 12.3. The molecule has 88 valence electrons. The van der Waals surface area contributed by atoms with Crippen molar-refractivity contribution in [3.8, 4) is 5.75 Å². The third-order valence-corrected chi connectivity index (χ3v) is 2.19. The van der Waals surface area contributed by atoms with E-state index in [9.17, 15) is 9.90 Å². The molecule has 0 radical (unpaired) electrons. The number of carbonyl (C=O) groups excluding carboxylic acids is 1. The number of nitrogens with zero attached hydrogens (tertiary/aromatic N) is 2. The van der Waals surface area contributed by atoms with Gasteiger partial charge in [-0.05, 0) is 12.1 Å². The number of para-hydroxylation sites is 1. The van der Waals surface area contributed by atoms with Crippen LogP contribution in [-0.2, 0) is 6.54 Å². The van der Waals surface area contributed by atoms with Crippen LogP contribution in [0.5, 0.6) is 5.75 Å². The predicted molar refractivity (Wildman–Crippen MR) is 60.1 cm³/mol. The number of aromatic hydroxyl groups is 1. The quantitative estimate of drug-likeness (QED) is 0.440. The van der Waals surface area contributed by atoms with Gasteiger partial charge in [0.15, 0.2) is 5.75 Å². The fraction of sp³-hybridized carbons (Fsp3) is 0.100. The van der Waals surface area contributed by atoms with Gasteiger partial charge in [-0.25, -0.2) is 4.98 Å². The SMILES string of the molecule is Nc1cccc(C(=O)NCc2ncn[nH]2)c1O. The van der Waals surface area contributed by atoms with Gasteiger partial charge < -0.3 is 16.2 Å². The molecule has 2 aromatic rings. The molecule has 0 saturated carbocycles. The Labute approximate surface area is 96.7 Å². The molecular formula is C10H11N5O2. The van der Waals surface area contributed by atoms with E-state index >= 15 is 0 Å². The molecule has 0 saturated heterocycles. The molecule has 1 heterocycles. The van der Waals surface area contributed by atoms with Crippen molar-refractivity contribution >= 4 is 11.6 Å². The molecule has 1 aromatic heterocycles. The molecule has 0 spiro atoms. The van der Waals surface area contributed by atoms with E-state index in [1.54, 1.807) is 6.07 Å². The topological polar surface area (TPSA) is 117 Å². The highest BCUT2D eigenvalue weighted by Gasteiger charge is 2.12. The number of benzene rings is 1. The van der Waals surface area contributed by atoms with Crippen LogP contribution >= 0.6 is 0 Å². The van der Waals surface area contributed by atoms with Crippen molar-refractivity contribution in [2.24, 2.45) is 0 Å². The Kier molecular flexibility index (Phi) is 2.91. The molecular weight excluding hydrogens is 222 g/mol. The molecule has 2 rings (SSSR count). The number of carbonyl (C=O) groups is 1. The van der Waals surface area contributed by atoms with Crippen LogP contribution in [0.3, 0.4) is 0 Å². The maximum Gasteiger partial charge on any atom is 0.255 e. The van der Waals surface area contributed by atoms with Crippen molar-refractivity contribution in [1.82, 2.24) is 20.5 Å². The van der Waals surface area contributed by atoms with Gasteiger partial charge in [-0.1, -0.05) is 6.07 Å². The van der Waals surface area contributed by atoms with Gasteiger partial charge in [-0.2, -0.15) is 5.10 Å². The lowest BCUT2D eigenvalue weighted by molar-refractivity contribution is 0.0947. The smallest absolute Gasteiger partial charge is 0.255 e. The third kappa shape index (κ3) is 2.33. The highest BCUT2D eigenvalue weighted by atomic mass is 16.3. The Morgan fingerprint density at radius 2 is 2.35 bits per heavy atom. The second-order valence-corrected chi connectivity index (χ2v) is 3.36. The molecule has 0 bridgehead atoms. The molecule has 0 fully saturated rings. The summed E-state index contributed by atoms with van der Waals surface area (Å²) in [6.45, 7) is 0.201. The van der Waals surface area contributed by atoms with E-state index in [4.69, 9.17) is 5.73 Å². The van der Waals surface area contributed by atoms with E-state index in [1.807, 2.05) is 0 Å². The summed E-state index contributed by atoms with van der Waals surface area (Å²) in [6.07, 6.45) is 1.35. The van der Waals surface area contributed by atoms with Gasteiger partial charge in [0.2, 0.25) is 0 Å². The van der Waals surface area contributed by atoms with Gasteiger partial charge in [-0.15, -0.1) is 0 Å². The van der Waals surface area contributed by atoms with Gasteiger partial charge in [-0.3, -0.25) is 9.89 Å². The molecule has 0 unspecified atom stereocenters. The molecule has 1 amide bonds. The van der Waals surface area contributed by atoms with E-state index in [-0.39, 0.29) is 23.5 Å². The van der Waals surface area contributed by atoms with Crippen molar-refractivity contribution < 1.29 is 9.90 Å². The highest BCUT2D eigenvalue weighted by molar-refractivity contribution is 5.98. The number of phenolic OH excluding ortho intramolecular Hbond substituents is 1. The summed E-state index contributed by atoms with van der Waals surface area (Å²) in [5, 5.41) is 18.4. The fourth-order valence-corrected chi connectivity index (χ4v) is 1.32. The van der Waals surface area contributed by atoms with Crippen LogP contribution in [0.4, 0.5) is 5.69 Å². The largest absolute Gasteiger partial charge is 0.505 e. The average molecular weight is 233 g/mol. The van der Waals surface area contributed by atoms with Crippen LogP contribution in [0.15, 0.2) is 24.5 Å². The normalized spacial score (nSPS) is 10.1. The van der Waals surface area contributed by atoms with Crippen LogP contribution in [0.25, 0.3) is 0 Å². The molecule has 0 aliphatic heterocycles. The predicted octanol–water partition coefficient (Wildman–Crippen LogP) is 0.0225. The van der Waals surface area contributed by atoms with Gasteiger partial charge in [0.25, 0.3) is 5.91 Å². The van der Waals surface area contributed by atoms with Crippen molar-refractivity contribution in [1.29, 1.82) is 0 Å². The lowest BCUT2D eigenvalue weighted by Crippen LogP contribution is -2.23. The number of rotatable bonds is 3. The number of nitrogens with one attached hydrogen (secondary N) is 2. The van der Waals surface area contributed by atoms with Gasteiger partial charge in [0.1, 0.15) is 12.2 Å². The van der Waals surface area contributed by atoms with Crippen LogP contribution < -0.4 is 11.1 Å². The minimum atomic E-state index is -0.425. The fourth-order valence-electron chi connectivity index (χ4n) is 1.32. The Morgan fingerprint density at radius 1 is 1.53 bits per heavy atom. The number of amides is 1. The van der Waals surface area contributed by atoms with Crippen LogP contribution in [0.1, 0.15) is 16.2 Å². The Bertz CT molecular complexity index is 523. The number of anilines is 1. The van der Waals surface area contributed by atoms with Gasteiger partial charge in [0.05, 0.1) is 17.8 Å². The zero-order valence-corrected chi connectivity index (χ0v) is 8.84. The molecule has 7 nitrogen and oxygen atoms in total. The molecule has 7 heteroatoms. The lowest BCUT2D eigenvalue weighted by Gasteiger charge is -2.06. The summed E-state index contributed by atoms with van der Waals surface area (Å²) in [5.41, 5.74) is 5.78. The summed E-state index contributed by atoms with van der Waals surface area (Å²) in [5.74, 6) is -0.115. The van der Waals surface area contributed by atoms with E-state index in [1.165, 1.54) is 18.5 Å². The van der Waals surface area contributed by atoms with E-state index in [0.717, 1.165) is 0 Å². The number of hydrogen-bond donors (Lipinski definition) is 4. The summed E-state index contributed by atoms with van der Waals surface area (Å²) in [4.78, 5) is 15.6. The summed E-state index contributed by atoms with van der Waals surface area (Å²) < 4.78 is 0. The summed E-state index contributed by atoms with van der Waals surface area (Å²) in [7, 11) is 0. The molecule has 17 heavy (non-hydrogen) atoms. The maximum absolute atomic E-state index is 11.7. The van der Waals surface area contributed by atoms with Crippen molar-refractivity contribution in [3.63, 3.8) is 0 Å². The Morgan fingerprint density at radius 3 is 3.06 bits per heavy atom. The zero-order valence-electron chi connectivity index (χ0n) is 8.84. The van der Waals surface area contributed by atoms with Gasteiger partial charge >= 0.3 is 0 Å². The molecule has 0 aliphatic rings. The second kappa shape index (κ2) is 4.52. The number of hydrogen-bond acceptors (Lipinski definition) is 5. The second-order valence-electron chi connectivity index (χ2n) is 3.36. The number of nitrogens with two attached hydrogens (primary N) is 1. The number of H-pyrrole nitrogens is 1. The minimum Gasteiger partial charge on any atom is -0.505 e. The van der Waals surface area contributed by atoms with E-state index in [2.05, 4.69) is 20.5 Å².